The minimum atomic E-state index is -0.921. The van der Waals surface area contributed by atoms with Gasteiger partial charge < -0.3 is 9.47 Å². The molecule has 0 bridgehead atoms. The minimum Gasteiger partial charge on any atom is -0.468 e. The summed E-state index contributed by atoms with van der Waals surface area (Å²) in [4.78, 5) is 34.5. The number of rotatable bonds is 2. The molecule has 1 fully saturated rings. The predicted octanol–water partition coefficient (Wildman–Crippen LogP) is 0.484. The third kappa shape index (κ3) is 2.29. The topological polar surface area (TPSA) is 69.7 Å². The second-order valence-corrected chi connectivity index (χ2v) is 3.71. The lowest BCUT2D eigenvalue weighted by molar-refractivity contribution is -0.156. The van der Waals surface area contributed by atoms with Crippen molar-refractivity contribution >= 4 is 17.7 Å². The lowest BCUT2D eigenvalue weighted by Gasteiger charge is -2.25. The van der Waals surface area contributed by atoms with Gasteiger partial charge in [-0.05, 0) is 12.8 Å². The van der Waals surface area contributed by atoms with Gasteiger partial charge in [0.15, 0.2) is 5.78 Å². The fourth-order valence-corrected chi connectivity index (χ4v) is 1.79. The monoisotopic (exact) mass is 226 g/mol. The van der Waals surface area contributed by atoms with E-state index in [0.29, 0.717) is 5.57 Å². The Labute approximate surface area is 93.4 Å². The van der Waals surface area contributed by atoms with Crippen molar-refractivity contribution in [3.8, 4) is 0 Å². The van der Waals surface area contributed by atoms with Gasteiger partial charge in [-0.3, -0.25) is 14.4 Å². The number of esters is 2. The van der Waals surface area contributed by atoms with Crippen LogP contribution in [0.15, 0.2) is 12.2 Å². The van der Waals surface area contributed by atoms with Gasteiger partial charge in [-0.2, -0.15) is 0 Å². The maximum atomic E-state index is 11.8. The Kier molecular flexibility index (Phi) is 3.82. The molecule has 0 aliphatic heterocycles. The third-order valence-corrected chi connectivity index (χ3v) is 2.64. The highest BCUT2D eigenvalue weighted by Crippen LogP contribution is 2.30. The molecule has 2 unspecified atom stereocenters. The highest BCUT2D eigenvalue weighted by atomic mass is 16.5. The van der Waals surface area contributed by atoms with Gasteiger partial charge >= 0.3 is 11.9 Å². The van der Waals surface area contributed by atoms with Crippen LogP contribution >= 0.6 is 0 Å². The van der Waals surface area contributed by atoms with Crippen LogP contribution < -0.4 is 0 Å². The summed E-state index contributed by atoms with van der Waals surface area (Å²) in [6, 6.07) is 0. The number of carbonyl (C=O) groups excluding carboxylic acids is 3. The summed E-state index contributed by atoms with van der Waals surface area (Å²) in [7, 11) is 2.42. The van der Waals surface area contributed by atoms with Crippen molar-refractivity contribution in [1.29, 1.82) is 0 Å². The van der Waals surface area contributed by atoms with E-state index in [1.165, 1.54) is 14.2 Å². The summed E-state index contributed by atoms with van der Waals surface area (Å²) >= 11 is 0. The molecule has 2 atom stereocenters. The van der Waals surface area contributed by atoms with Crippen LogP contribution in [-0.2, 0) is 23.9 Å². The summed E-state index contributed by atoms with van der Waals surface area (Å²) in [5.74, 6) is -3.53. The molecule has 0 N–H and O–H groups in total. The van der Waals surface area contributed by atoms with Crippen molar-refractivity contribution in [2.24, 2.45) is 11.8 Å². The molecular formula is C11H14O5. The summed E-state index contributed by atoms with van der Waals surface area (Å²) < 4.78 is 9.03. The van der Waals surface area contributed by atoms with E-state index in [-0.39, 0.29) is 12.8 Å². The minimum absolute atomic E-state index is 0.249. The molecular weight excluding hydrogens is 212 g/mol. The highest BCUT2D eigenvalue weighted by Gasteiger charge is 2.42. The van der Waals surface area contributed by atoms with Crippen LogP contribution in [0.3, 0.4) is 0 Å². The van der Waals surface area contributed by atoms with E-state index in [2.05, 4.69) is 16.1 Å². The van der Waals surface area contributed by atoms with Gasteiger partial charge in [-0.25, -0.2) is 0 Å². The average molecular weight is 226 g/mol. The Morgan fingerprint density at radius 2 is 1.50 bits per heavy atom. The van der Waals surface area contributed by atoms with E-state index in [0.717, 1.165) is 0 Å². The van der Waals surface area contributed by atoms with E-state index in [9.17, 15) is 14.4 Å². The predicted molar refractivity (Wildman–Crippen MR) is 54.4 cm³/mol. The van der Waals surface area contributed by atoms with Crippen LogP contribution in [0.4, 0.5) is 0 Å². The lowest BCUT2D eigenvalue weighted by atomic mass is 9.78. The first-order chi connectivity index (χ1) is 7.51. The first-order valence-electron chi connectivity index (χ1n) is 4.87. The van der Waals surface area contributed by atoms with Crippen molar-refractivity contribution in [1.82, 2.24) is 0 Å². The molecule has 0 heterocycles. The number of methoxy groups -OCH3 is 2. The van der Waals surface area contributed by atoms with Crippen molar-refractivity contribution in [3.63, 3.8) is 0 Å². The Morgan fingerprint density at radius 3 is 1.81 bits per heavy atom. The van der Waals surface area contributed by atoms with Gasteiger partial charge in [0.25, 0.3) is 0 Å². The van der Waals surface area contributed by atoms with Gasteiger partial charge in [0.1, 0.15) is 11.8 Å². The number of allylic oxidation sites excluding steroid dienone is 1. The van der Waals surface area contributed by atoms with Crippen molar-refractivity contribution in [2.75, 3.05) is 14.2 Å². The van der Waals surface area contributed by atoms with Crippen LogP contribution in [0.1, 0.15) is 12.8 Å². The van der Waals surface area contributed by atoms with Gasteiger partial charge in [-0.15, -0.1) is 0 Å². The van der Waals surface area contributed by atoms with E-state index < -0.39 is 29.6 Å². The number of hydrogen-bond donors (Lipinski definition) is 0. The molecule has 1 aliphatic carbocycles. The lowest BCUT2D eigenvalue weighted by Crippen LogP contribution is -2.39. The molecule has 1 aliphatic rings. The average Bonchev–Trinajstić information content (AvgIpc) is 2.29. The Bertz CT molecular complexity index is 314. The molecule has 0 saturated heterocycles. The highest BCUT2D eigenvalue weighted by molar-refractivity contribution is 6.09. The maximum Gasteiger partial charge on any atom is 0.316 e. The van der Waals surface area contributed by atoms with Crippen LogP contribution in [-0.4, -0.2) is 31.9 Å². The van der Waals surface area contributed by atoms with Crippen LogP contribution in [0, 0.1) is 11.8 Å². The molecule has 5 heteroatoms. The first-order valence-corrected chi connectivity index (χ1v) is 4.87. The second kappa shape index (κ2) is 4.92. The van der Waals surface area contributed by atoms with Crippen molar-refractivity contribution < 1.29 is 23.9 Å². The quantitative estimate of drug-likeness (QED) is 0.389. The first kappa shape index (κ1) is 12.4. The maximum absolute atomic E-state index is 11.8. The largest absolute Gasteiger partial charge is 0.468 e. The number of ether oxygens (including phenoxy) is 2. The summed E-state index contributed by atoms with van der Waals surface area (Å²) in [6.45, 7) is 3.71. The number of Topliss-reactive ketones (excluding diaryl/α,β-unsaturated/α-hetero) is 1. The fourth-order valence-electron chi connectivity index (χ4n) is 1.79. The molecule has 0 spiro atoms. The third-order valence-electron chi connectivity index (χ3n) is 2.64. The summed E-state index contributed by atoms with van der Waals surface area (Å²) in [5, 5.41) is 0. The van der Waals surface area contributed by atoms with Gasteiger partial charge in [0.05, 0.1) is 14.2 Å². The van der Waals surface area contributed by atoms with E-state index in [1.807, 2.05) is 0 Å². The molecule has 0 amide bonds. The number of carbonyl (C=O) groups is 3. The fraction of sp³-hybridized carbons (Fsp3) is 0.545. The van der Waals surface area contributed by atoms with Gasteiger partial charge in [0.2, 0.25) is 0 Å². The van der Waals surface area contributed by atoms with Crippen molar-refractivity contribution in [3.05, 3.63) is 12.2 Å². The molecule has 0 aromatic heterocycles. The molecule has 0 aromatic rings. The van der Waals surface area contributed by atoms with Crippen molar-refractivity contribution in [2.45, 2.75) is 12.8 Å². The van der Waals surface area contributed by atoms with E-state index in [1.54, 1.807) is 0 Å². The van der Waals surface area contributed by atoms with Gasteiger partial charge in [-0.1, -0.05) is 12.2 Å². The summed E-state index contributed by atoms with van der Waals surface area (Å²) in [5.41, 5.74) is 0.686. The smallest absolute Gasteiger partial charge is 0.316 e. The Hall–Kier alpha value is -1.65. The summed E-state index contributed by atoms with van der Waals surface area (Å²) in [6.07, 6.45) is 0.498. The van der Waals surface area contributed by atoms with E-state index >= 15 is 0 Å². The number of hydrogen-bond acceptors (Lipinski definition) is 5. The number of ketones is 1. The standard InChI is InChI=1S/C11H14O5/c1-6-4-7(10(13)15-2)9(12)8(5-6)11(14)16-3/h7-8H,1,4-5H2,2-3H3. The van der Waals surface area contributed by atoms with Crippen LogP contribution in [0.2, 0.25) is 0 Å². The normalized spacial score (nSPS) is 25.1. The molecule has 1 rings (SSSR count). The second-order valence-electron chi connectivity index (χ2n) is 3.71. The zero-order chi connectivity index (χ0) is 12.3. The molecule has 16 heavy (non-hydrogen) atoms. The molecule has 0 aromatic carbocycles. The Morgan fingerprint density at radius 1 is 1.12 bits per heavy atom. The van der Waals surface area contributed by atoms with Crippen LogP contribution in [0.5, 0.6) is 0 Å². The molecule has 5 nitrogen and oxygen atoms in total. The molecule has 88 valence electrons. The molecule has 0 radical (unpaired) electrons. The SMILES string of the molecule is C=C1CC(C(=O)OC)C(=O)C(C(=O)OC)C1. The van der Waals surface area contributed by atoms with Crippen LogP contribution in [0.25, 0.3) is 0 Å². The zero-order valence-corrected chi connectivity index (χ0v) is 9.32. The van der Waals surface area contributed by atoms with Gasteiger partial charge in [0, 0.05) is 0 Å². The Balaban J connectivity index is 2.90. The van der Waals surface area contributed by atoms with E-state index in [4.69, 9.17) is 0 Å². The zero-order valence-electron chi connectivity index (χ0n) is 9.32. The molecule has 1 saturated carbocycles.